The summed E-state index contributed by atoms with van der Waals surface area (Å²) in [7, 11) is 0. The van der Waals surface area contributed by atoms with Crippen molar-refractivity contribution in [3.8, 4) is 0 Å². The molecule has 1 heterocycles. The standard InChI is InChI=1S/C7H7BrF2N2O/c8-6-4(11)1-3(2-13)5(12-6)7(9)10/h1,7,13H,2,11H2. The molecule has 3 nitrogen and oxygen atoms in total. The van der Waals surface area contributed by atoms with Crippen molar-refractivity contribution in [1.29, 1.82) is 0 Å². The molecule has 0 saturated heterocycles. The Bertz CT molecular complexity index is 320. The third-order valence-electron chi connectivity index (χ3n) is 1.49. The Hall–Kier alpha value is -0.750. The molecule has 0 aliphatic carbocycles. The average Bonchev–Trinajstić information content (AvgIpc) is 2.08. The van der Waals surface area contributed by atoms with Crippen LogP contribution in [0.3, 0.4) is 0 Å². The maximum absolute atomic E-state index is 12.3. The first-order valence-electron chi connectivity index (χ1n) is 3.40. The predicted molar refractivity (Wildman–Crippen MR) is 47.2 cm³/mol. The molecular formula is C7H7BrF2N2O. The van der Waals surface area contributed by atoms with Gasteiger partial charge in [-0.05, 0) is 22.0 Å². The van der Waals surface area contributed by atoms with Crippen molar-refractivity contribution in [3.05, 3.63) is 21.9 Å². The zero-order valence-electron chi connectivity index (χ0n) is 6.47. The third-order valence-corrected chi connectivity index (χ3v) is 2.13. The monoisotopic (exact) mass is 252 g/mol. The number of anilines is 1. The van der Waals surface area contributed by atoms with Gasteiger partial charge in [0.05, 0.1) is 12.3 Å². The summed E-state index contributed by atoms with van der Waals surface area (Å²) < 4.78 is 24.7. The lowest BCUT2D eigenvalue weighted by molar-refractivity contribution is 0.141. The normalized spacial score (nSPS) is 10.8. The number of hydrogen-bond donors (Lipinski definition) is 2. The highest BCUT2D eigenvalue weighted by atomic mass is 79.9. The Kier molecular flexibility index (Phi) is 3.16. The highest BCUT2D eigenvalue weighted by molar-refractivity contribution is 9.10. The van der Waals surface area contributed by atoms with Crippen LogP contribution in [-0.2, 0) is 6.61 Å². The lowest BCUT2D eigenvalue weighted by Crippen LogP contribution is -2.02. The highest BCUT2D eigenvalue weighted by Crippen LogP contribution is 2.26. The molecule has 6 heteroatoms. The first-order valence-corrected chi connectivity index (χ1v) is 4.19. The number of aliphatic hydroxyl groups is 1. The van der Waals surface area contributed by atoms with E-state index >= 15 is 0 Å². The number of nitrogens with zero attached hydrogens (tertiary/aromatic N) is 1. The number of alkyl halides is 2. The number of pyridine rings is 1. The summed E-state index contributed by atoms with van der Waals surface area (Å²) in [6, 6.07) is 1.28. The van der Waals surface area contributed by atoms with Gasteiger partial charge in [-0.1, -0.05) is 0 Å². The van der Waals surface area contributed by atoms with Gasteiger partial charge in [-0.15, -0.1) is 0 Å². The molecule has 3 N–H and O–H groups in total. The van der Waals surface area contributed by atoms with E-state index in [1.165, 1.54) is 6.07 Å². The summed E-state index contributed by atoms with van der Waals surface area (Å²) in [5, 5.41) is 8.74. The fourth-order valence-electron chi connectivity index (χ4n) is 0.879. The van der Waals surface area contributed by atoms with Crippen LogP contribution in [0.4, 0.5) is 14.5 Å². The molecular weight excluding hydrogens is 246 g/mol. The van der Waals surface area contributed by atoms with Gasteiger partial charge >= 0.3 is 0 Å². The largest absolute Gasteiger partial charge is 0.397 e. The summed E-state index contributed by atoms with van der Waals surface area (Å²) in [6.45, 7) is -0.496. The van der Waals surface area contributed by atoms with Crippen LogP contribution in [0.25, 0.3) is 0 Å². The molecule has 0 bridgehead atoms. The topological polar surface area (TPSA) is 59.1 Å². The van der Waals surface area contributed by atoms with Crippen LogP contribution in [0, 0.1) is 0 Å². The smallest absolute Gasteiger partial charge is 0.280 e. The van der Waals surface area contributed by atoms with E-state index in [0.717, 1.165) is 0 Å². The van der Waals surface area contributed by atoms with E-state index in [1.807, 2.05) is 0 Å². The second-order valence-electron chi connectivity index (χ2n) is 2.37. The van der Waals surface area contributed by atoms with Gasteiger partial charge in [0, 0.05) is 5.56 Å². The molecule has 0 fully saturated rings. The van der Waals surface area contributed by atoms with Gasteiger partial charge in [-0.25, -0.2) is 13.8 Å². The summed E-state index contributed by atoms with van der Waals surface area (Å²) in [4.78, 5) is 3.52. The summed E-state index contributed by atoms with van der Waals surface area (Å²) in [5.41, 5.74) is 5.24. The van der Waals surface area contributed by atoms with Gasteiger partial charge in [0.25, 0.3) is 6.43 Å². The van der Waals surface area contributed by atoms with Gasteiger partial charge in [-0.3, -0.25) is 0 Å². The number of nitrogens with two attached hydrogens (primary N) is 1. The SMILES string of the molecule is Nc1cc(CO)c(C(F)F)nc1Br. The van der Waals surface area contributed by atoms with Gasteiger partial charge in [0.15, 0.2) is 0 Å². The molecule has 1 aromatic rings. The van der Waals surface area contributed by atoms with Gasteiger partial charge < -0.3 is 10.8 Å². The zero-order valence-corrected chi connectivity index (χ0v) is 8.05. The summed E-state index contributed by atoms with van der Waals surface area (Å²) in [6.07, 6.45) is -2.71. The van der Waals surface area contributed by atoms with Crippen molar-refractivity contribution in [1.82, 2.24) is 4.98 Å². The van der Waals surface area contributed by atoms with Crippen LogP contribution in [0.15, 0.2) is 10.7 Å². The first-order chi connectivity index (χ1) is 6.06. The van der Waals surface area contributed by atoms with E-state index < -0.39 is 18.7 Å². The minimum Gasteiger partial charge on any atom is -0.397 e. The highest BCUT2D eigenvalue weighted by Gasteiger charge is 2.16. The fraction of sp³-hybridized carbons (Fsp3) is 0.286. The Balaban J connectivity index is 3.25. The van der Waals surface area contributed by atoms with Crippen LogP contribution >= 0.6 is 15.9 Å². The predicted octanol–water partition coefficient (Wildman–Crippen LogP) is 1.86. The first kappa shape index (κ1) is 10.3. The van der Waals surface area contributed by atoms with E-state index in [1.54, 1.807) is 0 Å². The van der Waals surface area contributed by atoms with Crippen LogP contribution < -0.4 is 5.73 Å². The molecule has 0 aliphatic heterocycles. The minimum absolute atomic E-state index is 0.0516. The van der Waals surface area contributed by atoms with Crippen molar-refractivity contribution in [2.24, 2.45) is 0 Å². The van der Waals surface area contributed by atoms with Crippen LogP contribution in [0.1, 0.15) is 17.7 Å². The van der Waals surface area contributed by atoms with Crippen molar-refractivity contribution in [2.75, 3.05) is 5.73 Å². The molecule has 0 spiro atoms. The second kappa shape index (κ2) is 3.97. The molecule has 1 rings (SSSR count). The number of aromatic nitrogens is 1. The fourth-order valence-corrected chi connectivity index (χ4v) is 1.18. The second-order valence-corrected chi connectivity index (χ2v) is 3.12. The number of aliphatic hydroxyl groups excluding tert-OH is 1. The summed E-state index contributed by atoms with van der Waals surface area (Å²) >= 11 is 2.93. The lowest BCUT2D eigenvalue weighted by atomic mass is 10.2. The molecule has 13 heavy (non-hydrogen) atoms. The maximum Gasteiger partial charge on any atom is 0.280 e. The van der Waals surface area contributed by atoms with Crippen molar-refractivity contribution in [3.63, 3.8) is 0 Å². The van der Waals surface area contributed by atoms with E-state index in [-0.39, 0.29) is 15.9 Å². The van der Waals surface area contributed by atoms with Crippen LogP contribution in [0.2, 0.25) is 0 Å². The zero-order chi connectivity index (χ0) is 10.0. The van der Waals surface area contributed by atoms with Crippen LogP contribution in [0.5, 0.6) is 0 Å². The molecule has 0 aliphatic rings. The molecule has 0 unspecified atom stereocenters. The molecule has 72 valence electrons. The van der Waals surface area contributed by atoms with Crippen molar-refractivity contribution < 1.29 is 13.9 Å². The van der Waals surface area contributed by atoms with Crippen molar-refractivity contribution >= 4 is 21.6 Å². The van der Waals surface area contributed by atoms with Gasteiger partial charge in [-0.2, -0.15) is 0 Å². The minimum atomic E-state index is -2.71. The molecule has 0 radical (unpaired) electrons. The Morgan fingerprint density at radius 3 is 2.69 bits per heavy atom. The summed E-state index contributed by atoms with van der Waals surface area (Å²) in [5.74, 6) is 0. The molecule has 0 aromatic carbocycles. The van der Waals surface area contributed by atoms with E-state index in [4.69, 9.17) is 10.8 Å². The van der Waals surface area contributed by atoms with E-state index in [2.05, 4.69) is 20.9 Å². The third kappa shape index (κ3) is 2.13. The molecule has 0 saturated carbocycles. The Morgan fingerprint density at radius 1 is 1.62 bits per heavy atom. The number of halogens is 3. The average molecular weight is 253 g/mol. The Morgan fingerprint density at radius 2 is 2.23 bits per heavy atom. The van der Waals surface area contributed by atoms with E-state index in [0.29, 0.717) is 0 Å². The number of rotatable bonds is 2. The van der Waals surface area contributed by atoms with Crippen LogP contribution in [-0.4, -0.2) is 10.1 Å². The van der Waals surface area contributed by atoms with Gasteiger partial charge in [0.1, 0.15) is 10.3 Å². The van der Waals surface area contributed by atoms with Crippen molar-refractivity contribution in [2.45, 2.75) is 13.0 Å². The maximum atomic E-state index is 12.3. The van der Waals surface area contributed by atoms with Gasteiger partial charge in [0.2, 0.25) is 0 Å². The lowest BCUT2D eigenvalue weighted by Gasteiger charge is -2.07. The van der Waals surface area contributed by atoms with E-state index in [9.17, 15) is 8.78 Å². The quantitative estimate of drug-likeness (QED) is 0.791. The number of nitrogen functional groups attached to an aromatic ring is 1. The molecule has 1 aromatic heterocycles. The Labute approximate surface area is 81.7 Å². The molecule has 0 atom stereocenters. The molecule has 0 amide bonds. The number of hydrogen-bond acceptors (Lipinski definition) is 3.